The lowest BCUT2D eigenvalue weighted by molar-refractivity contribution is -0.374. The topological polar surface area (TPSA) is 400 Å². The summed E-state index contributed by atoms with van der Waals surface area (Å²) in [5.74, 6) is -2.06. The average molecular weight is 1650 g/mol. The third kappa shape index (κ3) is 20.3. The van der Waals surface area contributed by atoms with E-state index in [1.165, 1.54) is 121 Å². The van der Waals surface area contributed by atoms with E-state index in [9.17, 15) is 28.8 Å². The first-order valence-corrected chi connectivity index (χ1v) is 38.7. The third-order valence-corrected chi connectivity index (χ3v) is 22.6. The maximum Gasteiger partial charge on any atom is 0.306 e. The van der Waals surface area contributed by atoms with Crippen molar-refractivity contribution < 1.29 is 147 Å². The summed E-state index contributed by atoms with van der Waals surface area (Å²) in [6.45, 7) is 4.79. The Bertz CT molecular complexity index is 3630. The van der Waals surface area contributed by atoms with Crippen LogP contribution < -0.4 is 32.1 Å². The van der Waals surface area contributed by atoms with Gasteiger partial charge in [0.25, 0.3) is 0 Å². The van der Waals surface area contributed by atoms with Crippen molar-refractivity contribution in [1.29, 1.82) is 0 Å². The highest BCUT2D eigenvalue weighted by Crippen LogP contribution is 2.46. The molecule has 3 aromatic rings. The number of carbonyl (C=O) groups excluding carboxylic acids is 4. The number of carbonyl (C=O) groups is 4. The summed E-state index contributed by atoms with van der Waals surface area (Å²) in [6, 6.07) is 14.6. The fourth-order valence-corrected chi connectivity index (χ4v) is 17.1. The zero-order valence-electron chi connectivity index (χ0n) is 69.4. The first kappa shape index (κ1) is 92.4. The van der Waals surface area contributed by atoms with E-state index in [2.05, 4.69) is 33.4 Å². The monoisotopic (exact) mass is 1650 g/mol. The van der Waals surface area contributed by atoms with Crippen LogP contribution in [0, 0.1) is 0 Å². The molecule has 6 aliphatic heterocycles. The van der Waals surface area contributed by atoms with E-state index in [4.69, 9.17) is 128 Å². The molecule has 37 heteroatoms. The lowest BCUT2D eigenvalue weighted by atomic mass is 9.93. The van der Waals surface area contributed by atoms with Gasteiger partial charge in [0.2, 0.25) is 28.6 Å². The summed E-state index contributed by atoms with van der Waals surface area (Å²) in [4.78, 5) is 80.5. The van der Waals surface area contributed by atoms with E-state index in [-0.39, 0.29) is 81.8 Å². The van der Waals surface area contributed by atoms with Crippen LogP contribution in [0.15, 0.2) is 58.1 Å². The number of fused-ring (bicyclic) bond motifs is 3. The largest absolute Gasteiger partial charge is 0.465 e. The van der Waals surface area contributed by atoms with Gasteiger partial charge in [-0.2, -0.15) is 0 Å². The molecule has 0 radical (unpaired) electrons. The van der Waals surface area contributed by atoms with Gasteiger partial charge in [-0.1, -0.05) is 48.5 Å². The Morgan fingerprint density at radius 3 is 1.09 bits per heavy atom. The van der Waals surface area contributed by atoms with Gasteiger partial charge in [-0.15, -0.1) is 0 Å². The predicted octanol–water partition coefficient (Wildman–Crippen LogP) is 0.564. The molecule has 0 aromatic heterocycles. The molecule has 116 heavy (non-hydrogen) atoms. The molecular weight excluding hydrogens is 1530 g/mol. The summed E-state index contributed by atoms with van der Waals surface area (Å²) in [5, 5.41) is 11.9. The van der Waals surface area contributed by atoms with Crippen molar-refractivity contribution in [3.8, 4) is 11.1 Å². The van der Waals surface area contributed by atoms with Crippen LogP contribution in [-0.2, 0) is 153 Å². The molecule has 7 aliphatic rings. The SMILES string of the molecule is COCC1OC(NC(=O)CCc2c(N[C@@H]3C(C)O[C@@H](O[C@H]4C(COC)O[C@@H](O[C@H]5C(COC)OC(NC(=O)CCC(=O)OCC6c7ccccc7-c7ccccc76)C(OC)[C@@H]5OC)C(OC)[C@@H]4OC)C(OC)[C@@H]3OC)c(=O)c2=O)C(OC)[C@H](OC)[C@H]1O[C@@H]1OC(COC)[C@H](O[C@@H]2OC(C)[C@@H](NC(C)=O)[C@@H](OC)C2OC)[C@@H](OC)C1OC. The minimum Gasteiger partial charge on any atom is -0.465 e. The van der Waals surface area contributed by atoms with Crippen LogP contribution in [0.5, 0.6) is 0 Å². The number of hydrogen-bond donors (Lipinski definition) is 4. The van der Waals surface area contributed by atoms with E-state index in [0.717, 1.165) is 22.3 Å². The molecule has 6 saturated heterocycles. The number of rotatable bonds is 41. The first-order chi connectivity index (χ1) is 56.1. The molecule has 652 valence electrons. The Labute approximate surface area is 675 Å². The Hall–Kier alpha value is -5.84. The molecule has 30 atom stereocenters. The highest BCUT2D eigenvalue weighted by Gasteiger charge is 2.59. The minimum absolute atomic E-state index is 0.0196. The van der Waals surface area contributed by atoms with Crippen LogP contribution in [-0.4, -0.2) is 354 Å². The summed E-state index contributed by atoms with van der Waals surface area (Å²) in [5.41, 5.74) is 2.72. The minimum atomic E-state index is -1.24. The second-order valence-electron chi connectivity index (χ2n) is 29.3. The van der Waals surface area contributed by atoms with E-state index in [1.54, 1.807) is 13.8 Å². The van der Waals surface area contributed by atoms with Gasteiger partial charge in [-0.05, 0) is 42.5 Å². The molecule has 6 heterocycles. The Kier molecular flexibility index (Phi) is 34.7. The molecule has 6 fully saturated rings. The summed E-state index contributed by atoms with van der Waals surface area (Å²) in [7, 11) is 23.4. The van der Waals surface area contributed by atoms with Gasteiger partial charge in [0.05, 0.1) is 62.8 Å². The van der Waals surface area contributed by atoms with Crippen molar-refractivity contribution >= 4 is 29.4 Å². The molecule has 0 saturated carbocycles. The second kappa shape index (κ2) is 43.6. The van der Waals surface area contributed by atoms with E-state index in [0.29, 0.717) is 0 Å². The summed E-state index contributed by atoms with van der Waals surface area (Å²) >= 11 is 0. The molecule has 0 bridgehead atoms. The van der Waals surface area contributed by atoms with Gasteiger partial charge in [0.1, 0.15) is 129 Å². The quantitative estimate of drug-likeness (QED) is 0.0445. The van der Waals surface area contributed by atoms with Crippen molar-refractivity contribution in [2.24, 2.45) is 0 Å². The molecule has 3 amide bonds. The molecule has 1 aliphatic carbocycles. The number of nitrogens with one attached hydrogen (secondary N) is 4. The average Bonchev–Trinajstić information content (AvgIpc) is 1.48. The number of anilines is 1. The molecule has 3 aromatic carbocycles. The van der Waals surface area contributed by atoms with Gasteiger partial charge < -0.3 is 149 Å². The first-order valence-electron chi connectivity index (χ1n) is 38.7. The Balaban J connectivity index is 0.754. The van der Waals surface area contributed by atoms with Gasteiger partial charge >= 0.3 is 5.97 Å². The Morgan fingerprint density at radius 1 is 0.362 bits per heavy atom. The van der Waals surface area contributed by atoms with Gasteiger partial charge in [0.15, 0.2) is 37.6 Å². The smallest absolute Gasteiger partial charge is 0.306 e. The lowest BCUT2D eigenvalue weighted by Gasteiger charge is -2.51. The standard InChI is InChI=1S/C79H118N4O33/c1-37-53(80-39(3)84)62(94-8)70(102-16)76(107-37)113-60-48(35-92-6)111-78(72(104-18)66(60)98-12)115-58-46(33-90-4)109-74(68(100-14)64(58)96-10)81-50(85)29-28-44-55(57(89)56(44)88)83-54-38(2)108-77(71(103-17)63(54)95-9)114-61-49(36-93-7)112-79(73(105-19)67(61)99-13)116-59-47(34-91-5)110-75(69(101-15)65(59)97-11)82-51(86)30-31-52(87)106-32-45-42-26-22-20-24-40(42)41-25-21-23-27-43(41)45/h20-27,37-38,45-49,53-54,58-79,83H,28-36H2,1-19H3,(H,80,84)(H,81,85)(H,82,86)/t37?,38?,46?,47?,48?,49?,53-,54-,58+,59+,60+,61+,62-,63-,64-,65-,66-,67-,68?,69?,70?,71?,72?,73?,74?,75?,76+,77+,78+,79+/m1/s1. The molecular formula is C79H118N4O33. The zero-order valence-corrected chi connectivity index (χ0v) is 69.4. The van der Waals surface area contributed by atoms with E-state index < -0.39 is 213 Å². The highest BCUT2D eigenvalue weighted by molar-refractivity contribution is 5.82. The third-order valence-electron chi connectivity index (χ3n) is 22.6. The van der Waals surface area contributed by atoms with Crippen molar-refractivity contribution in [3.05, 3.63) is 85.7 Å². The van der Waals surface area contributed by atoms with Crippen LogP contribution in [0.2, 0.25) is 0 Å². The van der Waals surface area contributed by atoms with Crippen molar-refractivity contribution in [2.45, 2.75) is 236 Å². The molecule has 14 unspecified atom stereocenters. The van der Waals surface area contributed by atoms with Crippen LogP contribution in [0.3, 0.4) is 0 Å². The van der Waals surface area contributed by atoms with Crippen LogP contribution >= 0.6 is 0 Å². The number of esters is 1. The van der Waals surface area contributed by atoms with Crippen LogP contribution in [0.25, 0.3) is 11.1 Å². The fraction of sp³-hybridized carbons (Fsp3) is 0.747. The molecule has 10 rings (SSSR count). The van der Waals surface area contributed by atoms with E-state index >= 15 is 0 Å². The van der Waals surface area contributed by atoms with Gasteiger partial charge in [0, 0.05) is 145 Å². The molecule has 37 nitrogen and oxygen atoms in total. The number of benzene rings is 2. The van der Waals surface area contributed by atoms with Crippen molar-refractivity contribution in [3.63, 3.8) is 0 Å². The van der Waals surface area contributed by atoms with Crippen LogP contribution in [0.1, 0.15) is 62.6 Å². The lowest BCUT2D eigenvalue weighted by Crippen LogP contribution is -2.69. The van der Waals surface area contributed by atoms with E-state index in [1.807, 2.05) is 36.4 Å². The number of ether oxygens (including phenoxy) is 27. The fourth-order valence-electron chi connectivity index (χ4n) is 17.1. The number of methoxy groups -OCH3 is 16. The number of amides is 3. The highest BCUT2D eigenvalue weighted by atomic mass is 16.8. The normalized spacial score (nSPS) is 36.0. The summed E-state index contributed by atoms with van der Waals surface area (Å²) < 4.78 is 168. The second-order valence-corrected chi connectivity index (χ2v) is 29.3. The Morgan fingerprint density at radius 2 is 0.707 bits per heavy atom. The zero-order chi connectivity index (χ0) is 83.8. The maximum absolute atomic E-state index is 14.2. The van der Waals surface area contributed by atoms with Gasteiger partial charge in [-0.25, -0.2) is 0 Å². The number of hydrogen-bond acceptors (Lipinski definition) is 34. The molecule has 4 N–H and O–H groups in total. The van der Waals surface area contributed by atoms with Crippen LogP contribution in [0.4, 0.5) is 5.69 Å². The summed E-state index contributed by atoms with van der Waals surface area (Å²) in [6.07, 6.45) is -28.4. The van der Waals surface area contributed by atoms with Crippen molar-refractivity contribution in [2.75, 3.05) is 152 Å². The molecule has 0 spiro atoms. The predicted molar refractivity (Wildman–Crippen MR) is 405 cm³/mol. The van der Waals surface area contributed by atoms with Gasteiger partial charge in [-0.3, -0.25) is 28.8 Å². The van der Waals surface area contributed by atoms with Crippen molar-refractivity contribution in [1.82, 2.24) is 16.0 Å². The maximum atomic E-state index is 14.2.